The molecule has 1 fully saturated rings. The minimum atomic E-state index is -2.85. The van der Waals surface area contributed by atoms with Gasteiger partial charge in [-0.05, 0) is 33.8 Å². The Morgan fingerprint density at radius 2 is 1.65 bits per heavy atom. The quantitative estimate of drug-likeness (QED) is 0.794. The van der Waals surface area contributed by atoms with Crippen LogP contribution in [0.25, 0.3) is 0 Å². The second-order valence-electron chi connectivity index (χ2n) is 5.87. The molecule has 2 rings (SSSR count). The maximum atomic E-state index is 13.2. The lowest BCUT2D eigenvalue weighted by molar-refractivity contribution is 0.00578. The highest BCUT2D eigenvalue weighted by Gasteiger charge is 2.50. The molecule has 20 heavy (non-hydrogen) atoms. The first-order chi connectivity index (χ1) is 9.12. The van der Waals surface area contributed by atoms with E-state index in [1.165, 1.54) is 6.07 Å². The summed E-state index contributed by atoms with van der Waals surface area (Å²) in [5.74, 6) is -0.911. The van der Waals surface area contributed by atoms with Gasteiger partial charge in [0.2, 0.25) is 0 Å². The molecular weight excluding hydrogens is 267 g/mol. The molecule has 1 heterocycles. The summed E-state index contributed by atoms with van der Waals surface area (Å²) < 4.78 is 50.0. The van der Waals surface area contributed by atoms with Crippen molar-refractivity contribution < 1.29 is 22.5 Å². The van der Waals surface area contributed by atoms with Crippen molar-refractivity contribution in [2.24, 2.45) is 0 Å². The minimum Gasteiger partial charge on any atom is -0.410 e. The van der Waals surface area contributed by atoms with Gasteiger partial charge >= 0.3 is 7.01 Å². The number of halogens is 3. The fourth-order valence-corrected chi connectivity index (χ4v) is 1.95. The van der Waals surface area contributed by atoms with Crippen molar-refractivity contribution in [1.29, 1.82) is 0 Å². The first kappa shape index (κ1) is 15.4. The molecule has 0 bridgehead atoms. The topological polar surface area (TPSA) is 18.5 Å². The van der Waals surface area contributed by atoms with Gasteiger partial charge in [0.05, 0.1) is 16.8 Å². The highest BCUT2D eigenvalue weighted by molar-refractivity contribution is 7.12. The predicted octanol–water partition coefficient (Wildman–Crippen LogP) is 2.68. The van der Waals surface area contributed by atoms with E-state index in [1.807, 2.05) is 27.7 Å². The lowest BCUT2D eigenvalue weighted by Crippen LogP contribution is -2.41. The van der Waals surface area contributed by atoms with Crippen LogP contribution in [0.3, 0.4) is 0 Å². The van der Waals surface area contributed by atoms with E-state index in [2.05, 4.69) is 0 Å². The summed E-state index contributed by atoms with van der Waals surface area (Å²) in [6, 6.07) is 3.57. The van der Waals surface area contributed by atoms with Crippen LogP contribution in [-0.2, 0) is 9.31 Å². The Labute approximate surface area is 118 Å². The predicted molar refractivity (Wildman–Crippen MR) is 72.8 cm³/mol. The standard InChI is InChI=1S/C13H16B2F3O2/c1-12(2)13(3,4)20-15(19-12)14-8-5-6-10(16)9(7-8)11(17)18/h5-7,11H,1-4H3. The van der Waals surface area contributed by atoms with Gasteiger partial charge in [0.1, 0.15) is 5.82 Å². The third-order valence-corrected chi connectivity index (χ3v) is 3.86. The number of hydrogen-bond donors (Lipinski definition) is 0. The fraction of sp³-hybridized carbons (Fsp3) is 0.538. The molecule has 107 valence electrons. The van der Waals surface area contributed by atoms with Crippen molar-refractivity contribution in [3.63, 3.8) is 0 Å². The summed E-state index contributed by atoms with van der Waals surface area (Å²) in [6.45, 7) is 7.60. The number of benzene rings is 1. The Morgan fingerprint density at radius 3 is 2.15 bits per heavy atom. The molecule has 0 atom stereocenters. The van der Waals surface area contributed by atoms with Crippen molar-refractivity contribution in [1.82, 2.24) is 0 Å². The second-order valence-corrected chi connectivity index (χ2v) is 5.87. The van der Waals surface area contributed by atoms with E-state index >= 15 is 0 Å². The summed E-state index contributed by atoms with van der Waals surface area (Å²) in [7, 11) is 0.929. The van der Waals surface area contributed by atoms with E-state index < -0.39 is 36.0 Å². The average molecular weight is 283 g/mol. The van der Waals surface area contributed by atoms with Crippen molar-refractivity contribution in [3.05, 3.63) is 29.6 Å². The summed E-state index contributed by atoms with van der Waals surface area (Å²) >= 11 is 0. The highest BCUT2D eigenvalue weighted by atomic mass is 19.3. The van der Waals surface area contributed by atoms with Crippen molar-refractivity contribution in [3.8, 4) is 0 Å². The fourth-order valence-electron chi connectivity index (χ4n) is 1.95. The normalized spacial score (nSPS) is 20.5. The van der Waals surface area contributed by atoms with E-state index in [1.54, 1.807) is 7.17 Å². The van der Waals surface area contributed by atoms with Gasteiger partial charge in [0.25, 0.3) is 6.43 Å². The Bertz CT molecular complexity index is 490. The Morgan fingerprint density at radius 1 is 1.10 bits per heavy atom. The molecule has 0 aliphatic carbocycles. The molecule has 0 aromatic heterocycles. The van der Waals surface area contributed by atoms with Gasteiger partial charge in [-0.1, -0.05) is 17.6 Å². The number of alkyl halides is 2. The van der Waals surface area contributed by atoms with Crippen LogP contribution in [0.15, 0.2) is 18.2 Å². The molecule has 0 unspecified atom stereocenters. The molecular formula is C13H16B2F3O2. The zero-order valence-corrected chi connectivity index (χ0v) is 11.9. The smallest absolute Gasteiger partial charge is 0.405 e. The molecule has 0 amide bonds. The van der Waals surface area contributed by atoms with Gasteiger partial charge in [-0.3, -0.25) is 0 Å². The Balaban J connectivity index is 2.14. The summed E-state index contributed by atoms with van der Waals surface area (Å²) in [5.41, 5.74) is -1.17. The van der Waals surface area contributed by atoms with Crippen LogP contribution in [0, 0.1) is 5.82 Å². The SMILES string of the molecule is CC1(C)OB([B]c2ccc(F)c(C(F)F)c2)OC1(C)C. The molecule has 1 radical (unpaired) electrons. The Kier molecular flexibility index (Phi) is 3.95. The molecule has 1 aliphatic rings. The van der Waals surface area contributed by atoms with E-state index in [-0.39, 0.29) is 0 Å². The van der Waals surface area contributed by atoms with E-state index in [0.29, 0.717) is 5.46 Å². The second kappa shape index (κ2) is 5.11. The van der Waals surface area contributed by atoms with Gasteiger partial charge in [-0.25, -0.2) is 13.2 Å². The molecule has 7 heteroatoms. The molecule has 1 saturated heterocycles. The number of hydrogen-bond acceptors (Lipinski definition) is 2. The minimum absolute atomic E-state index is 0.445. The summed E-state index contributed by atoms with van der Waals surface area (Å²) in [5, 5.41) is 0. The molecule has 0 spiro atoms. The van der Waals surface area contributed by atoms with Crippen LogP contribution in [0.4, 0.5) is 13.2 Å². The molecule has 1 aromatic carbocycles. The molecule has 1 aliphatic heterocycles. The van der Waals surface area contributed by atoms with E-state index in [0.717, 1.165) is 12.1 Å². The maximum absolute atomic E-state index is 13.2. The van der Waals surface area contributed by atoms with Crippen molar-refractivity contribution in [2.45, 2.75) is 45.3 Å². The van der Waals surface area contributed by atoms with Gasteiger partial charge in [0.15, 0.2) is 7.17 Å². The lowest BCUT2D eigenvalue weighted by Gasteiger charge is -2.32. The van der Waals surface area contributed by atoms with Gasteiger partial charge in [-0.15, -0.1) is 0 Å². The summed E-state index contributed by atoms with van der Waals surface area (Å²) in [6.07, 6.45) is -2.85. The van der Waals surface area contributed by atoms with Crippen molar-refractivity contribution in [2.75, 3.05) is 0 Å². The van der Waals surface area contributed by atoms with Gasteiger partial charge in [0, 0.05) is 0 Å². The molecule has 2 nitrogen and oxygen atoms in total. The first-order valence-corrected chi connectivity index (χ1v) is 6.40. The van der Waals surface area contributed by atoms with Crippen LogP contribution in [0.1, 0.15) is 39.7 Å². The maximum Gasteiger partial charge on any atom is 0.405 e. The largest absolute Gasteiger partial charge is 0.410 e. The molecule has 0 N–H and O–H groups in total. The summed E-state index contributed by atoms with van der Waals surface area (Å²) in [4.78, 5) is 0. The highest BCUT2D eigenvalue weighted by Crippen LogP contribution is 2.36. The first-order valence-electron chi connectivity index (χ1n) is 6.40. The zero-order chi connectivity index (χ0) is 15.1. The Hall–Kier alpha value is -0.940. The van der Waals surface area contributed by atoms with E-state index in [9.17, 15) is 13.2 Å². The van der Waals surface area contributed by atoms with E-state index in [4.69, 9.17) is 9.31 Å². The zero-order valence-electron chi connectivity index (χ0n) is 11.9. The third-order valence-electron chi connectivity index (χ3n) is 3.86. The van der Waals surface area contributed by atoms with Crippen LogP contribution in [0.2, 0.25) is 0 Å². The van der Waals surface area contributed by atoms with Crippen molar-refractivity contribution >= 4 is 19.6 Å². The van der Waals surface area contributed by atoms with Gasteiger partial charge < -0.3 is 9.31 Å². The molecule has 0 saturated carbocycles. The molecule has 1 aromatic rings. The van der Waals surface area contributed by atoms with Crippen LogP contribution in [0.5, 0.6) is 0 Å². The third kappa shape index (κ3) is 2.88. The van der Waals surface area contributed by atoms with Crippen LogP contribution in [-0.4, -0.2) is 25.4 Å². The average Bonchev–Trinajstić information content (AvgIpc) is 2.49. The number of rotatable bonds is 3. The van der Waals surface area contributed by atoms with Crippen LogP contribution < -0.4 is 5.46 Å². The van der Waals surface area contributed by atoms with Crippen LogP contribution >= 0.6 is 0 Å². The lowest BCUT2D eigenvalue weighted by atomic mass is 9.40. The van der Waals surface area contributed by atoms with Gasteiger partial charge in [-0.2, -0.15) is 0 Å². The monoisotopic (exact) mass is 283 g/mol.